The highest BCUT2D eigenvalue weighted by atomic mass is 15.1. The van der Waals surface area contributed by atoms with Crippen molar-refractivity contribution < 1.29 is 0 Å². The van der Waals surface area contributed by atoms with E-state index in [4.69, 9.17) is 0 Å². The van der Waals surface area contributed by atoms with Crippen LogP contribution in [0, 0.1) is 0 Å². The van der Waals surface area contributed by atoms with E-state index in [2.05, 4.69) is 12.8 Å². The van der Waals surface area contributed by atoms with Gasteiger partial charge < -0.3 is 4.81 Å². The van der Waals surface area contributed by atoms with Gasteiger partial charge in [0.1, 0.15) is 0 Å². The van der Waals surface area contributed by atoms with Crippen molar-refractivity contribution >= 4 is 7.98 Å². The molecule has 0 saturated heterocycles. The first-order valence-corrected chi connectivity index (χ1v) is 5.60. The van der Waals surface area contributed by atoms with Crippen LogP contribution in [-0.4, -0.2) is 24.9 Å². The van der Waals surface area contributed by atoms with Crippen molar-refractivity contribution in [2.45, 2.75) is 63.5 Å². The number of hydrogen-bond donors (Lipinski definition) is 0. The Bertz CT molecular complexity index is 121. The lowest BCUT2D eigenvalue weighted by Gasteiger charge is -2.30. The SMILES string of the molecule is BN(C1CCCC1)C1CCCC1. The first-order valence-electron chi connectivity index (χ1n) is 5.60. The molecule has 0 aliphatic heterocycles. The molecule has 68 valence electrons. The lowest BCUT2D eigenvalue weighted by molar-refractivity contribution is 0.263. The minimum atomic E-state index is 0.938. The third-order valence-electron chi connectivity index (χ3n) is 3.80. The van der Waals surface area contributed by atoms with Gasteiger partial charge in [-0.3, -0.25) is 0 Å². The van der Waals surface area contributed by atoms with Crippen molar-refractivity contribution in [2.75, 3.05) is 0 Å². The zero-order chi connectivity index (χ0) is 8.39. The van der Waals surface area contributed by atoms with E-state index < -0.39 is 0 Å². The normalized spacial score (nSPS) is 27.4. The minimum Gasteiger partial charge on any atom is -0.344 e. The summed E-state index contributed by atoms with van der Waals surface area (Å²) in [6, 6.07) is 1.88. The Morgan fingerprint density at radius 2 is 1.08 bits per heavy atom. The average Bonchev–Trinajstić information content (AvgIpc) is 2.77. The maximum absolute atomic E-state index is 2.68. The van der Waals surface area contributed by atoms with Crippen molar-refractivity contribution in [2.24, 2.45) is 0 Å². The maximum atomic E-state index is 2.68. The van der Waals surface area contributed by atoms with E-state index in [9.17, 15) is 0 Å². The van der Waals surface area contributed by atoms with Gasteiger partial charge in [0.25, 0.3) is 0 Å². The molecular formula is C10H20BN. The largest absolute Gasteiger partial charge is 0.344 e. The van der Waals surface area contributed by atoms with Crippen LogP contribution in [0.1, 0.15) is 51.4 Å². The van der Waals surface area contributed by atoms with Gasteiger partial charge >= 0.3 is 0 Å². The molecule has 0 radical (unpaired) electrons. The van der Waals surface area contributed by atoms with Gasteiger partial charge in [0, 0.05) is 0 Å². The maximum Gasteiger partial charge on any atom is 0.186 e. The van der Waals surface area contributed by atoms with Gasteiger partial charge in [-0.1, -0.05) is 25.7 Å². The second kappa shape index (κ2) is 3.82. The van der Waals surface area contributed by atoms with Crippen LogP contribution in [0.4, 0.5) is 0 Å². The third kappa shape index (κ3) is 1.68. The van der Waals surface area contributed by atoms with Gasteiger partial charge in [-0.15, -0.1) is 0 Å². The smallest absolute Gasteiger partial charge is 0.186 e. The fourth-order valence-electron chi connectivity index (χ4n) is 2.92. The van der Waals surface area contributed by atoms with Crippen molar-refractivity contribution in [3.05, 3.63) is 0 Å². The van der Waals surface area contributed by atoms with Gasteiger partial charge in [0.15, 0.2) is 7.98 Å². The summed E-state index contributed by atoms with van der Waals surface area (Å²) in [5.41, 5.74) is 0. The molecule has 0 heterocycles. The van der Waals surface area contributed by atoms with E-state index in [0.717, 1.165) is 12.1 Å². The average molecular weight is 165 g/mol. The Balaban J connectivity index is 1.84. The standard InChI is InChI=1S/C10H20BN/c11-12(9-5-1-2-6-9)10-7-3-4-8-10/h9-10H,1-8,11H2. The molecule has 0 spiro atoms. The molecule has 0 N–H and O–H groups in total. The van der Waals surface area contributed by atoms with Crippen LogP contribution >= 0.6 is 0 Å². The quantitative estimate of drug-likeness (QED) is 0.563. The lowest BCUT2D eigenvalue weighted by Crippen LogP contribution is -2.38. The number of rotatable bonds is 2. The molecule has 2 heteroatoms. The Morgan fingerprint density at radius 1 is 0.750 bits per heavy atom. The first kappa shape index (κ1) is 8.62. The van der Waals surface area contributed by atoms with Crippen molar-refractivity contribution in [1.29, 1.82) is 0 Å². The molecule has 0 aromatic heterocycles. The van der Waals surface area contributed by atoms with Crippen molar-refractivity contribution in [3.63, 3.8) is 0 Å². The number of nitrogens with zero attached hydrogens (tertiary/aromatic N) is 1. The molecule has 2 saturated carbocycles. The zero-order valence-electron chi connectivity index (χ0n) is 8.26. The molecule has 2 rings (SSSR count). The van der Waals surface area contributed by atoms with E-state index in [-0.39, 0.29) is 0 Å². The molecule has 0 atom stereocenters. The van der Waals surface area contributed by atoms with E-state index in [0.29, 0.717) is 0 Å². The second-order valence-electron chi connectivity index (χ2n) is 4.54. The summed E-state index contributed by atoms with van der Waals surface area (Å²) in [5, 5.41) is 0. The molecule has 1 nitrogen and oxygen atoms in total. The predicted octanol–water partition coefficient (Wildman–Crippen LogP) is 1.72. The van der Waals surface area contributed by atoms with E-state index in [1.807, 2.05) is 0 Å². The molecule has 0 aromatic rings. The minimum absolute atomic E-state index is 0.938. The monoisotopic (exact) mass is 165 g/mol. The highest BCUT2D eigenvalue weighted by Gasteiger charge is 2.26. The van der Waals surface area contributed by atoms with Crippen molar-refractivity contribution in [1.82, 2.24) is 4.81 Å². The molecule has 0 unspecified atom stereocenters. The van der Waals surface area contributed by atoms with Crippen molar-refractivity contribution in [3.8, 4) is 0 Å². The summed E-state index contributed by atoms with van der Waals surface area (Å²) < 4.78 is 0. The lowest BCUT2D eigenvalue weighted by atomic mass is 10.0. The van der Waals surface area contributed by atoms with Crippen LogP contribution in [0.5, 0.6) is 0 Å². The molecule has 2 aliphatic carbocycles. The summed E-state index contributed by atoms with van der Waals surface area (Å²) >= 11 is 0. The molecular weight excluding hydrogens is 145 g/mol. The molecule has 2 fully saturated rings. The van der Waals surface area contributed by atoms with Crippen LogP contribution in [0.25, 0.3) is 0 Å². The highest BCUT2D eigenvalue weighted by molar-refractivity contribution is 6.04. The van der Waals surface area contributed by atoms with Gasteiger partial charge in [0.2, 0.25) is 0 Å². The third-order valence-corrected chi connectivity index (χ3v) is 3.80. The first-order chi connectivity index (χ1) is 5.88. The zero-order valence-corrected chi connectivity index (χ0v) is 8.26. The molecule has 0 aromatic carbocycles. The second-order valence-corrected chi connectivity index (χ2v) is 4.54. The van der Waals surface area contributed by atoms with Crippen LogP contribution in [0.3, 0.4) is 0 Å². The summed E-state index contributed by atoms with van der Waals surface area (Å²) in [4.78, 5) is 2.68. The Kier molecular flexibility index (Phi) is 2.74. The Morgan fingerprint density at radius 3 is 1.42 bits per heavy atom. The molecule has 0 amide bonds. The molecule has 12 heavy (non-hydrogen) atoms. The van der Waals surface area contributed by atoms with Gasteiger partial charge in [-0.05, 0) is 37.8 Å². The van der Waals surface area contributed by atoms with Crippen LogP contribution in [0.15, 0.2) is 0 Å². The molecule has 2 aliphatic rings. The van der Waals surface area contributed by atoms with E-state index >= 15 is 0 Å². The van der Waals surface area contributed by atoms with Gasteiger partial charge in [-0.2, -0.15) is 0 Å². The summed E-state index contributed by atoms with van der Waals surface area (Å²) in [6.07, 6.45) is 11.8. The van der Waals surface area contributed by atoms with E-state index in [1.54, 1.807) is 0 Å². The number of hydrogen-bond acceptors (Lipinski definition) is 1. The highest BCUT2D eigenvalue weighted by Crippen LogP contribution is 2.29. The summed E-state index contributed by atoms with van der Waals surface area (Å²) in [6.45, 7) is 0. The fourth-order valence-corrected chi connectivity index (χ4v) is 2.92. The van der Waals surface area contributed by atoms with Crippen LogP contribution in [0.2, 0.25) is 0 Å². The Labute approximate surface area is 76.9 Å². The van der Waals surface area contributed by atoms with E-state index in [1.165, 1.54) is 51.4 Å². The summed E-state index contributed by atoms with van der Waals surface area (Å²) in [5.74, 6) is 0. The van der Waals surface area contributed by atoms with Gasteiger partial charge in [-0.25, -0.2) is 0 Å². The van der Waals surface area contributed by atoms with Crippen LogP contribution < -0.4 is 0 Å². The Hall–Kier alpha value is 0.0249. The predicted molar refractivity (Wildman–Crippen MR) is 54.9 cm³/mol. The fraction of sp³-hybridized carbons (Fsp3) is 1.00. The summed E-state index contributed by atoms with van der Waals surface area (Å²) in [7, 11) is 2.35. The topological polar surface area (TPSA) is 3.24 Å². The van der Waals surface area contributed by atoms with Crippen LogP contribution in [-0.2, 0) is 0 Å². The van der Waals surface area contributed by atoms with Gasteiger partial charge in [0.05, 0.1) is 0 Å². The molecule has 0 bridgehead atoms.